The first kappa shape index (κ1) is 13.3. The average molecular weight is 249 g/mol. The van der Waals surface area contributed by atoms with Crippen molar-refractivity contribution in [3.63, 3.8) is 0 Å². The van der Waals surface area contributed by atoms with E-state index in [4.69, 9.17) is 4.74 Å². The Morgan fingerprint density at radius 1 is 1.28 bits per heavy atom. The number of rotatable bonds is 7. The Labute approximate surface area is 109 Å². The summed E-state index contributed by atoms with van der Waals surface area (Å²) in [6.07, 6.45) is 10.1. The van der Waals surface area contributed by atoms with Gasteiger partial charge >= 0.3 is 0 Å². The van der Waals surface area contributed by atoms with Gasteiger partial charge in [-0.15, -0.1) is 0 Å². The summed E-state index contributed by atoms with van der Waals surface area (Å²) in [5.41, 5.74) is 0.912. The van der Waals surface area contributed by atoms with Crippen LogP contribution in [0.15, 0.2) is 12.4 Å². The molecule has 18 heavy (non-hydrogen) atoms. The first-order chi connectivity index (χ1) is 8.88. The minimum Gasteiger partial charge on any atom is -0.375 e. The van der Waals surface area contributed by atoms with E-state index in [9.17, 15) is 0 Å². The van der Waals surface area contributed by atoms with E-state index >= 15 is 0 Å². The third-order valence-electron chi connectivity index (χ3n) is 3.34. The standard InChI is InChI=1S/C14H23N3O/c1-2-7-15-14-9-16-13(8-17-14)11-18-10-12-5-3-4-6-12/h8-9,12H,2-7,10-11H2,1H3,(H,15,17). The lowest BCUT2D eigenvalue weighted by molar-refractivity contribution is 0.0865. The van der Waals surface area contributed by atoms with Crippen molar-refractivity contribution in [1.29, 1.82) is 0 Å². The molecular weight excluding hydrogens is 226 g/mol. The maximum Gasteiger partial charge on any atom is 0.144 e. The molecule has 0 amide bonds. The zero-order chi connectivity index (χ0) is 12.6. The van der Waals surface area contributed by atoms with Crippen LogP contribution in [0.1, 0.15) is 44.7 Å². The Morgan fingerprint density at radius 2 is 2.11 bits per heavy atom. The largest absolute Gasteiger partial charge is 0.375 e. The van der Waals surface area contributed by atoms with E-state index in [2.05, 4.69) is 22.2 Å². The lowest BCUT2D eigenvalue weighted by atomic mass is 10.1. The van der Waals surface area contributed by atoms with Crippen molar-refractivity contribution in [2.45, 2.75) is 45.6 Å². The fraction of sp³-hybridized carbons (Fsp3) is 0.714. The zero-order valence-corrected chi connectivity index (χ0v) is 11.2. The summed E-state index contributed by atoms with van der Waals surface area (Å²) in [7, 11) is 0. The summed E-state index contributed by atoms with van der Waals surface area (Å²) in [6.45, 7) is 4.52. The van der Waals surface area contributed by atoms with Crippen LogP contribution in [0.3, 0.4) is 0 Å². The Hall–Kier alpha value is -1.16. The van der Waals surface area contributed by atoms with Crippen molar-refractivity contribution in [3.8, 4) is 0 Å². The zero-order valence-electron chi connectivity index (χ0n) is 11.2. The first-order valence-electron chi connectivity index (χ1n) is 7.01. The van der Waals surface area contributed by atoms with Crippen LogP contribution in [0, 0.1) is 5.92 Å². The Bertz CT molecular complexity index is 333. The predicted molar refractivity (Wildman–Crippen MR) is 72.4 cm³/mol. The number of nitrogens with one attached hydrogen (secondary N) is 1. The van der Waals surface area contributed by atoms with E-state index < -0.39 is 0 Å². The van der Waals surface area contributed by atoms with Crippen molar-refractivity contribution >= 4 is 5.82 Å². The van der Waals surface area contributed by atoms with Gasteiger partial charge in [-0.05, 0) is 25.2 Å². The minimum atomic E-state index is 0.581. The van der Waals surface area contributed by atoms with Gasteiger partial charge in [0.15, 0.2) is 0 Å². The molecule has 0 saturated heterocycles. The molecule has 0 bridgehead atoms. The fourth-order valence-electron chi connectivity index (χ4n) is 2.28. The van der Waals surface area contributed by atoms with E-state index in [-0.39, 0.29) is 0 Å². The molecule has 1 aromatic rings. The second kappa shape index (κ2) is 7.31. The summed E-state index contributed by atoms with van der Waals surface area (Å²) in [6, 6.07) is 0. The number of hydrogen-bond donors (Lipinski definition) is 1. The van der Waals surface area contributed by atoms with E-state index in [1.165, 1.54) is 25.7 Å². The molecule has 1 N–H and O–H groups in total. The summed E-state index contributed by atoms with van der Waals surface area (Å²) in [4.78, 5) is 8.66. The maximum absolute atomic E-state index is 5.70. The molecule has 0 aromatic carbocycles. The molecule has 4 heteroatoms. The molecule has 1 fully saturated rings. The van der Waals surface area contributed by atoms with E-state index in [0.29, 0.717) is 6.61 Å². The van der Waals surface area contributed by atoms with Crippen molar-refractivity contribution in [3.05, 3.63) is 18.1 Å². The molecule has 0 atom stereocenters. The molecule has 1 aliphatic carbocycles. The molecule has 2 rings (SSSR count). The van der Waals surface area contributed by atoms with E-state index in [0.717, 1.165) is 37.0 Å². The van der Waals surface area contributed by atoms with Gasteiger partial charge in [0, 0.05) is 13.2 Å². The average Bonchev–Trinajstić information content (AvgIpc) is 2.91. The van der Waals surface area contributed by atoms with Crippen molar-refractivity contribution < 1.29 is 4.74 Å². The number of aromatic nitrogens is 2. The van der Waals surface area contributed by atoms with Crippen LogP contribution in [0.25, 0.3) is 0 Å². The van der Waals surface area contributed by atoms with E-state index in [1.807, 2.05) is 0 Å². The van der Waals surface area contributed by atoms with Crippen LogP contribution in [0.2, 0.25) is 0 Å². The molecule has 1 aliphatic rings. The predicted octanol–water partition coefficient (Wildman–Crippen LogP) is 3.01. The molecule has 100 valence electrons. The van der Waals surface area contributed by atoms with E-state index in [1.54, 1.807) is 12.4 Å². The molecule has 0 unspecified atom stereocenters. The Balaban J connectivity index is 1.68. The number of anilines is 1. The third kappa shape index (κ3) is 4.26. The number of hydrogen-bond acceptors (Lipinski definition) is 4. The van der Waals surface area contributed by atoms with Gasteiger partial charge in [0.1, 0.15) is 5.82 Å². The quantitative estimate of drug-likeness (QED) is 0.807. The van der Waals surface area contributed by atoms with Crippen molar-refractivity contribution in [1.82, 2.24) is 9.97 Å². The van der Waals surface area contributed by atoms with Crippen LogP contribution < -0.4 is 5.32 Å². The number of nitrogens with zero attached hydrogens (tertiary/aromatic N) is 2. The Kier molecular flexibility index (Phi) is 5.39. The molecule has 4 nitrogen and oxygen atoms in total. The van der Waals surface area contributed by atoms with Crippen LogP contribution in [0.5, 0.6) is 0 Å². The second-order valence-corrected chi connectivity index (χ2v) is 4.99. The van der Waals surface area contributed by atoms with Gasteiger partial charge in [0.2, 0.25) is 0 Å². The van der Waals surface area contributed by atoms with Crippen LogP contribution in [-0.2, 0) is 11.3 Å². The van der Waals surface area contributed by atoms with Crippen molar-refractivity contribution in [2.24, 2.45) is 5.92 Å². The second-order valence-electron chi connectivity index (χ2n) is 4.99. The number of ether oxygens (including phenoxy) is 1. The molecule has 1 heterocycles. The summed E-state index contributed by atoms with van der Waals surface area (Å²) in [5.74, 6) is 1.61. The molecule has 1 saturated carbocycles. The highest BCUT2D eigenvalue weighted by molar-refractivity contribution is 5.30. The lowest BCUT2D eigenvalue weighted by Crippen LogP contribution is -2.07. The van der Waals surface area contributed by atoms with Crippen molar-refractivity contribution in [2.75, 3.05) is 18.5 Å². The summed E-state index contributed by atoms with van der Waals surface area (Å²) < 4.78 is 5.70. The van der Waals surface area contributed by atoms with Gasteiger partial charge < -0.3 is 10.1 Å². The van der Waals surface area contributed by atoms with Gasteiger partial charge in [0.05, 0.1) is 24.7 Å². The maximum atomic E-state index is 5.70. The fourth-order valence-corrected chi connectivity index (χ4v) is 2.28. The monoisotopic (exact) mass is 249 g/mol. The van der Waals surface area contributed by atoms with Crippen LogP contribution >= 0.6 is 0 Å². The highest BCUT2D eigenvalue weighted by Crippen LogP contribution is 2.24. The Morgan fingerprint density at radius 3 is 2.78 bits per heavy atom. The third-order valence-corrected chi connectivity index (χ3v) is 3.34. The SMILES string of the molecule is CCCNc1cnc(COCC2CCCC2)cn1. The summed E-state index contributed by atoms with van der Waals surface area (Å²) in [5, 5.41) is 3.21. The van der Waals surface area contributed by atoms with Gasteiger partial charge in [-0.25, -0.2) is 4.98 Å². The molecule has 0 spiro atoms. The molecule has 0 radical (unpaired) electrons. The van der Waals surface area contributed by atoms with Gasteiger partial charge in [-0.1, -0.05) is 19.8 Å². The normalized spacial score (nSPS) is 16.1. The van der Waals surface area contributed by atoms with Crippen LogP contribution in [0.4, 0.5) is 5.82 Å². The lowest BCUT2D eigenvalue weighted by Gasteiger charge is -2.09. The van der Waals surface area contributed by atoms with Gasteiger partial charge in [0.25, 0.3) is 0 Å². The summed E-state index contributed by atoms with van der Waals surface area (Å²) >= 11 is 0. The highest BCUT2D eigenvalue weighted by Gasteiger charge is 2.14. The smallest absolute Gasteiger partial charge is 0.144 e. The first-order valence-corrected chi connectivity index (χ1v) is 7.01. The van der Waals surface area contributed by atoms with Gasteiger partial charge in [-0.2, -0.15) is 0 Å². The van der Waals surface area contributed by atoms with Gasteiger partial charge in [-0.3, -0.25) is 4.98 Å². The minimum absolute atomic E-state index is 0.581. The molecular formula is C14H23N3O. The molecule has 0 aliphatic heterocycles. The topological polar surface area (TPSA) is 47.0 Å². The van der Waals surface area contributed by atoms with Crippen LogP contribution in [-0.4, -0.2) is 23.1 Å². The molecule has 1 aromatic heterocycles. The highest BCUT2D eigenvalue weighted by atomic mass is 16.5.